The number of benzene rings is 1. The summed E-state index contributed by atoms with van der Waals surface area (Å²) in [6, 6.07) is 4.32. The molecule has 0 aliphatic rings. The number of halogens is 1. The number of hydrogen-bond donors (Lipinski definition) is 0. The van der Waals surface area contributed by atoms with Crippen LogP contribution in [0.2, 0.25) is 0 Å². The third-order valence-electron chi connectivity index (χ3n) is 9.49. The molecule has 3 nitrogen and oxygen atoms in total. The predicted octanol–water partition coefficient (Wildman–Crippen LogP) is 15.5. The van der Waals surface area contributed by atoms with Crippen LogP contribution < -0.4 is 14.2 Å². The van der Waals surface area contributed by atoms with Gasteiger partial charge < -0.3 is 14.2 Å². The zero-order chi connectivity index (χ0) is 33.9. The lowest BCUT2D eigenvalue weighted by atomic mass is 10.1. The molecule has 0 atom stereocenters. The van der Waals surface area contributed by atoms with E-state index in [0.29, 0.717) is 0 Å². The Morgan fingerprint density at radius 2 is 0.617 bits per heavy atom. The van der Waals surface area contributed by atoms with E-state index in [1.54, 1.807) is 0 Å². The Hall–Kier alpha value is -0.900. The summed E-state index contributed by atoms with van der Waals surface area (Å²) in [6.07, 6.45) is 40.0. The molecular formula is C43H79BrO3. The molecule has 0 N–H and O–H groups in total. The fourth-order valence-electron chi connectivity index (χ4n) is 6.37. The highest BCUT2D eigenvalue weighted by Crippen LogP contribution is 2.40. The van der Waals surface area contributed by atoms with Crippen molar-refractivity contribution in [1.29, 1.82) is 0 Å². The largest absolute Gasteiger partial charge is 0.490 e. The van der Waals surface area contributed by atoms with Crippen LogP contribution in [-0.2, 0) is 5.33 Å². The van der Waals surface area contributed by atoms with Gasteiger partial charge in [-0.1, -0.05) is 210 Å². The molecule has 1 rings (SSSR count). The molecule has 0 aliphatic carbocycles. The molecule has 0 aliphatic heterocycles. The molecule has 276 valence electrons. The van der Waals surface area contributed by atoms with Crippen molar-refractivity contribution in [3.8, 4) is 17.2 Å². The third kappa shape index (κ3) is 26.6. The van der Waals surface area contributed by atoms with Crippen LogP contribution in [0.1, 0.15) is 219 Å². The Bertz CT molecular complexity index is 735. The summed E-state index contributed by atoms with van der Waals surface area (Å²) in [5.41, 5.74) is 1.19. The minimum absolute atomic E-state index is 0.730. The van der Waals surface area contributed by atoms with Gasteiger partial charge in [-0.15, -0.1) is 0 Å². The molecule has 0 saturated heterocycles. The van der Waals surface area contributed by atoms with E-state index in [2.05, 4.69) is 48.8 Å². The average molecular weight is 724 g/mol. The zero-order valence-electron chi connectivity index (χ0n) is 31.8. The minimum Gasteiger partial charge on any atom is -0.490 e. The maximum absolute atomic E-state index is 6.48. The SMILES string of the molecule is CCCCCCCCCCCCOc1cc(CBr)cc(OCCCCCCCCCCCC)c1OCCCCCCCCCCCC. The van der Waals surface area contributed by atoms with Crippen molar-refractivity contribution in [2.45, 2.75) is 219 Å². The number of unbranched alkanes of at least 4 members (excludes halogenated alkanes) is 27. The number of ether oxygens (including phenoxy) is 3. The van der Waals surface area contributed by atoms with E-state index in [-0.39, 0.29) is 0 Å². The molecular weight excluding hydrogens is 644 g/mol. The zero-order valence-corrected chi connectivity index (χ0v) is 33.4. The van der Waals surface area contributed by atoms with Gasteiger partial charge >= 0.3 is 0 Å². The molecule has 0 heterocycles. The number of hydrogen-bond acceptors (Lipinski definition) is 3. The first-order valence-corrected chi connectivity index (χ1v) is 22.0. The molecule has 0 unspecified atom stereocenters. The van der Waals surface area contributed by atoms with Gasteiger partial charge in [0.15, 0.2) is 11.5 Å². The predicted molar refractivity (Wildman–Crippen MR) is 211 cm³/mol. The Kier molecular flexibility index (Phi) is 32.8. The van der Waals surface area contributed by atoms with E-state index in [9.17, 15) is 0 Å². The first-order chi connectivity index (χ1) is 23.3. The van der Waals surface area contributed by atoms with Crippen molar-refractivity contribution < 1.29 is 14.2 Å². The van der Waals surface area contributed by atoms with E-state index in [4.69, 9.17) is 14.2 Å². The summed E-state index contributed by atoms with van der Waals surface area (Å²) in [5, 5.41) is 0.787. The van der Waals surface area contributed by atoms with Gasteiger partial charge in [-0.05, 0) is 37.0 Å². The Balaban J connectivity index is 2.54. The normalized spacial score (nSPS) is 11.3. The van der Waals surface area contributed by atoms with Crippen molar-refractivity contribution in [2.75, 3.05) is 19.8 Å². The van der Waals surface area contributed by atoms with Crippen molar-refractivity contribution in [2.24, 2.45) is 0 Å². The summed E-state index contributed by atoms with van der Waals surface area (Å²) in [5.74, 6) is 2.55. The second-order valence-corrected chi connectivity index (χ2v) is 14.7. The van der Waals surface area contributed by atoms with Crippen LogP contribution in [0, 0.1) is 0 Å². The minimum atomic E-state index is 0.730. The maximum Gasteiger partial charge on any atom is 0.203 e. The van der Waals surface area contributed by atoms with Gasteiger partial charge in [0.05, 0.1) is 19.8 Å². The summed E-state index contributed by atoms with van der Waals surface area (Å²) in [7, 11) is 0. The van der Waals surface area contributed by atoms with Crippen LogP contribution in [0.5, 0.6) is 17.2 Å². The van der Waals surface area contributed by atoms with E-state index < -0.39 is 0 Å². The maximum atomic E-state index is 6.48. The Morgan fingerprint density at radius 3 is 0.894 bits per heavy atom. The fourth-order valence-corrected chi connectivity index (χ4v) is 6.70. The van der Waals surface area contributed by atoms with Crippen LogP contribution in [-0.4, -0.2) is 19.8 Å². The second kappa shape index (κ2) is 34.9. The Labute approximate surface area is 302 Å². The molecule has 0 saturated carbocycles. The van der Waals surface area contributed by atoms with Gasteiger partial charge in [0.1, 0.15) is 0 Å². The molecule has 0 amide bonds. The van der Waals surface area contributed by atoms with Gasteiger partial charge in [-0.25, -0.2) is 0 Å². The van der Waals surface area contributed by atoms with Gasteiger partial charge in [0, 0.05) is 5.33 Å². The van der Waals surface area contributed by atoms with Crippen molar-refractivity contribution in [1.82, 2.24) is 0 Å². The van der Waals surface area contributed by atoms with Crippen LogP contribution in [0.4, 0.5) is 0 Å². The van der Waals surface area contributed by atoms with Crippen LogP contribution >= 0.6 is 15.9 Å². The average Bonchev–Trinajstić information content (AvgIpc) is 3.09. The van der Waals surface area contributed by atoms with Crippen molar-refractivity contribution >= 4 is 15.9 Å². The van der Waals surface area contributed by atoms with Gasteiger partial charge in [0.2, 0.25) is 5.75 Å². The molecule has 0 radical (unpaired) electrons. The molecule has 0 fully saturated rings. The monoisotopic (exact) mass is 723 g/mol. The first-order valence-electron chi connectivity index (χ1n) is 20.9. The van der Waals surface area contributed by atoms with Gasteiger partial charge in [0.25, 0.3) is 0 Å². The van der Waals surface area contributed by atoms with Crippen LogP contribution in [0.15, 0.2) is 12.1 Å². The molecule has 1 aromatic rings. The van der Waals surface area contributed by atoms with E-state index in [1.165, 1.54) is 179 Å². The van der Waals surface area contributed by atoms with Crippen LogP contribution in [0.25, 0.3) is 0 Å². The highest BCUT2D eigenvalue weighted by molar-refractivity contribution is 9.08. The van der Waals surface area contributed by atoms with Crippen molar-refractivity contribution in [3.05, 3.63) is 17.7 Å². The summed E-state index contributed by atoms with van der Waals surface area (Å²) < 4.78 is 19.3. The molecule has 1 aromatic carbocycles. The lowest BCUT2D eigenvalue weighted by Gasteiger charge is -2.18. The highest BCUT2D eigenvalue weighted by atomic mass is 79.9. The van der Waals surface area contributed by atoms with E-state index in [0.717, 1.165) is 61.7 Å². The molecule has 47 heavy (non-hydrogen) atoms. The molecule has 0 spiro atoms. The smallest absolute Gasteiger partial charge is 0.203 e. The van der Waals surface area contributed by atoms with Gasteiger partial charge in [-0.3, -0.25) is 0 Å². The highest BCUT2D eigenvalue weighted by Gasteiger charge is 2.16. The quantitative estimate of drug-likeness (QED) is 0.0505. The van der Waals surface area contributed by atoms with Crippen LogP contribution in [0.3, 0.4) is 0 Å². The summed E-state index contributed by atoms with van der Waals surface area (Å²) >= 11 is 3.68. The molecule has 0 bridgehead atoms. The van der Waals surface area contributed by atoms with Gasteiger partial charge in [-0.2, -0.15) is 0 Å². The molecule has 0 aromatic heterocycles. The lowest BCUT2D eigenvalue weighted by molar-refractivity contribution is 0.234. The first kappa shape index (κ1) is 44.1. The lowest BCUT2D eigenvalue weighted by Crippen LogP contribution is -2.07. The summed E-state index contributed by atoms with van der Waals surface area (Å²) in [4.78, 5) is 0. The standard InChI is InChI=1S/C43H79BrO3/c1-4-7-10-13-16-19-22-25-28-31-34-45-41-37-40(39-44)38-42(46-35-32-29-26-23-20-17-14-11-8-5-2)43(41)47-36-33-30-27-24-21-18-15-12-9-6-3/h37-38H,4-36,39H2,1-3H3. The summed E-state index contributed by atoms with van der Waals surface area (Å²) in [6.45, 7) is 9.09. The number of alkyl halides is 1. The van der Waals surface area contributed by atoms with Crippen molar-refractivity contribution in [3.63, 3.8) is 0 Å². The van der Waals surface area contributed by atoms with E-state index in [1.807, 2.05) is 0 Å². The molecule has 4 heteroatoms. The fraction of sp³-hybridized carbons (Fsp3) is 0.860. The Morgan fingerprint density at radius 1 is 0.362 bits per heavy atom. The second-order valence-electron chi connectivity index (χ2n) is 14.1. The topological polar surface area (TPSA) is 27.7 Å². The van der Waals surface area contributed by atoms with E-state index >= 15 is 0 Å². The number of rotatable bonds is 37. The third-order valence-corrected chi connectivity index (χ3v) is 10.1.